The summed E-state index contributed by atoms with van der Waals surface area (Å²) in [4.78, 5) is 0. The molecule has 2 nitrogen and oxygen atoms in total. The minimum Gasteiger partial charge on any atom is -0.497 e. The Morgan fingerprint density at radius 2 is 1.82 bits per heavy atom. The highest BCUT2D eigenvalue weighted by Gasteiger charge is 2.18. The third-order valence-electron chi connectivity index (χ3n) is 3.30. The van der Waals surface area contributed by atoms with Crippen molar-refractivity contribution in [1.82, 2.24) is 5.32 Å². The zero-order valence-electron chi connectivity index (χ0n) is 9.77. The molecule has 0 bridgehead atoms. The van der Waals surface area contributed by atoms with E-state index in [1.807, 2.05) is 6.07 Å². The minimum absolute atomic E-state index is 0. The average molecular weight is 250 g/mol. The molecule has 2 aromatic carbocycles. The predicted molar refractivity (Wildman–Crippen MR) is 73.1 cm³/mol. The predicted octanol–water partition coefficient (Wildman–Crippen LogP) is 3.30. The van der Waals surface area contributed by atoms with E-state index in [1.54, 1.807) is 7.11 Å². The van der Waals surface area contributed by atoms with Crippen molar-refractivity contribution in [3.63, 3.8) is 0 Å². The molecule has 0 spiro atoms. The summed E-state index contributed by atoms with van der Waals surface area (Å²) >= 11 is 0. The number of hydrogen-bond acceptors (Lipinski definition) is 2. The number of nitrogens with one attached hydrogen (secondary N) is 1. The Morgan fingerprint density at radius 3 is 2.47 bits per heavy atom. The Bertz CT molecular complexity index is 523. The van der Waals surface area contributed by atoms with E-state index in [0.717, 1.165) is 12.3 Å². The molecule has 0 unspecified atom stereocenters. The molecule has 1 aliphatic heterocycles. The van der Waals surface area contributed by atoms with Crippen LogP contribution in [-0.2, 0) is 0 Å². The van der Waals surface area contributed by atoms with E-state index in [9.17, 15) is 0 Å². The normalized spacial score (nSPS) is 18.3. The third kappa shape index (κ3) is 2.24. The molecule has 1 heterocycles. The Hall–Kier alpha value is -1.25. The van der Waals surface area contributed by atoms with Gasteiger partial charge in [-0.25, -0.2) is 0 Å². The van der Waals surface area contributed by atoms with Crippen molar-refractivity contribution in [2.24, 2.45) is 0 Å². The van der Waals surface area contributed by atoms with Gasteiger partial charge in [-0.15, -0.1) is 12.4 Å². The Morgan fingerprint density at radius 1 is 1.12 bits per heavy atom. The molecule has 2 aromatic rings. The molecule has 0 aliphatic carbocycles. The third-order valence-corrected chi connectivity index (χ3v) is 3.30. The highest BCUT2D eigenvalue weighted by atomic mass is 35.5. The van der Waals surface area contributed by atoms with Crippen LogP contribution in [0.4, 0.5) is 0 Å². The SMILES string of the molecule is COc1ccc2cc([C@@H]3CCN3)ccc2c1.Cl. The van der Waals surface area contributed by atoms with Crippen molar-refractivity contribution < 1.29 is 4.74 Å². The smallest absolute Gasteiger partial charge is 0.119 e. The van der Waals surface area contributed by atoms with Gasteiger partial charge in [0.05, 0.1) is 7.11 Å². The maximum Gasteiger partial charge on any atom is 0.119 e. The van der Waals surface area contributed by atoms with E-state index in [-0.39, 0.29) is 12.4 Å². The van der Waals surface area contributed by atoms with E-state index < -0.39 is 0 Å². The lowest BCUT2D eigenvalue weighted by Gasteiger charge is -2.28. The van der Waals surface area contributed by atoms with Crippen LogP contribution in [-0.4, -0.2) is 13.7 Å². The van der Waals surface area contributed by atoms with Gasteiger partial charge in [0.2, 0.25) is 0 Å². The number of methoxy groups -OCH3 is 1. The number of ether oxygens (including phenoxy) is 1. The summed E-state index contributed by atoms with van der Waals surface area (Å²) < 4.78 is 5.22. The van der Waals surface area contributed by atoms with Crippen molar-refractivity contribution in [3.05, 3.63) is 42.0 Å². The van der Waals surface area contributed by atoms with Gasteiger partial charge in [0.15, 0.2) is 0 Å². The highest BCUT2D eigenvalue weighted by Crippen LogP contribution is 2.27. The molecule has 0 saturated carbocycles. The Balaban J connectivity index is 0.00000108. The van der Waals surface area contributed by atoms with Crippen LogP contribution >= 0.6 is 12.4 Å². The summed E-state index contributed by atoms with van der Waals surface area (Å²) in [6.07, 6.45) is 1.25. The Labute approximate surface area is 107 Å². The molecule has 90 valence electrons. The van der Waals surface area contributed by atoms with Crippen LogP contribution in [0.5, 0.6) is 5.75 Å². The van der Waals surface area contributed by atoms with Crippen molar-refractivity contribution in [1.29, 1.82) is 0 Å². The first-order valence-electron chi connectivity index (χ1n) is 5.68. The van der Waals surface area contributed by atoms with Crippen molar-refractivity contribution >= 4 is 23.2 Å². The topological polar surface area (TPSA) is 21.3 Å². The van der Waals surface area contributed by atoms with Crippen LogP contribution < -0.4 is 10.1 Å². The lowest BCUT2D eigenvalue weighted by Crippen LogP contribution is -2.34. The first-order valence-corrected chi connectivity index (χ1v) is 5.68. The molecule has 3 heteroatoms. The fraction of sp³-hybridized carbons (Fsp3) is 0.286. The molecular weight excluding hydrogens is 234 g/mol. The summed E-state index contributed by atoms with van der Waals surface area (Å²) in [5.41, 5.74) is 1.39. The van der Waals surface area contributed by atoms with Gasteiger partial charge in [0.25, 0.3) is 0 Å². The second-order valence-electron chi connectivity index (χ2n) is 4.27. The van der Waals surface area contributed by atoms with Gasteiger partial charge < -0.3 is 10.1 Å². The van der Waals surface area contributed by atoms with E-state index in [4.69, 9.17) is 4.74 Å². The van der Waals surface area contributed by atoms with Gasteiger partial charge in [-0.1, -0.05) is 18.2 Å². The number of benzene rings is 2. The molecule has 1 atom stereocenters. The van der Waals surface area contributed by atoms with Crippen molar-refractivity contribution in [3.8, 4) is 5.75 Å². The maximum absolute atomic E-state index is 5.22. The highest BCUT2D eigenvalue weighted by molar-refractivity contribution is 5.85. The summed E-state index contributed by atoms with van der Waals surface area (Å²) in [6, 6.07) is 13.4. The van der Waals surface area contributed by atoms with Crippen LogP contribution in [0.15, 0.2) is 36.4 Å². The number of halogens is 1. The second-order valence-corrected chi connectivity index (χ2v) is 4.27. The maximum atomic E-state index is 5.22. The van der Waals surface area contributed by atoms with E-state index >= 15 is 0 Å². The zero-order valence-corrected chi connectivity index (χ0v) is 10.6. The molecule has 0 aromatic heterocycles. The largest absolute Gasteiger partial charge is 0.497 e. The summed E-state index contributed by atoms with van der Waals surface area (Å²) in [5, 5.41) is 5.95. The van der Waals surface area contributed by atoms with E-state index in [0.29, 0.717) is 6.04 Å². The van der Waals surface area contributed by atoms with E-state index in [2.05, 4.69) is 35.6 Å². The van der Waals surface area contributed by atoms with Crippen LogP contribution in [0, 0.1) is 0 Å². The van der Waals surface area contributed by atoms with Crippen LogP contribution in [0.25, 0.3) is 10.8 Å². The molecule has 0 radical (unpaired) electrons. The summed E-state index contributed by atoms with van der Waals surface area (Å²) in [5.74, 6) is 0.919. The van der Waals surface area contributed by atoms with E-state index in [1.165, 1.54) is 22.8 Å². The number of fused-ring (bicyclic) bond motifs is 1. The summed E-state index contributed by atoms with van der Waals surface area (Å²) in [6.45, 7) is 1.14. The summed E-state index contributed by atoms with van der Waals surface area (Å²) in [7, 11) is 1.70. The quantitative estimate of drug-likeness (QED) is 0.882. The van der Waals surface area contributed by atoms with Gasteiger partial charge in [-0.05, 0) is 47.5 Å². The molecular formula is C14H16ClNO. The standard InChI is InChI=1S/C14H15NO.ClH/c1-16-13-5-4-10-8-12(14-6-7-15-14)3-2-11(10)9-13;/h2-5,8-9,14-15H,6-7H2,1H3;1H/t14-;/m0./s1. The first-order chi connectivity index (χ1) is 7.86. The molecule has 1 fully saturated rings. The lowest BCUT2D eigenvalue weighted by molar-refractivity contribution is 0.383. The van der Waals surface area contributed by atoms with Crippen molar-refractivity contribution in [2.75, 3.05) is 13.7 Å². The average Bonchev–Trinajstić information content (AvgIpc) is 2.26. The molecule has 3 rings (SSSR count). The molecule has 1 N–H and O–H groups in total. The molecule has 1 saturated heterocycles. The molecule has 17 heavy (non-hydrogen) atoms. The van der Waals surface area contributed by atoms with Crippen LogP contribution in [0.3, 0.4) is 0 Å². The second kappa shape index (κ2) is 4.94. The minimum atomic E-state index is 0. The van der Waals surface area contributed by atoms with Crippen LogP contribution in [0.1, 0.15) is 18.0 Å². The molecule has 1 aliphatic rings. The van der Waals surface area contributed by atoms with Gasteiger partial charge in [-0.2, -0.15) is 0 Å². The Kier molecular flexibility index (Phi) is 3.55. The monoisotopic (exact) mass is 249 g/mol. The zero-order chi connectivity index (χ0) is 11.0. The molecule has 0 amide bonds. The fourth-order valence-corrected chi connectivity index (χ4v) is 2.16. The van der Waals surface area contributed by atoms with Gasteiger partial charge in [-0.3, -0.25) is 0 Å². The van der Waals surface area contributed by atoms with Gasteiger partial charge >= 0.3 is 0 Å². The fourth-order valence-electron chi connectivity index (χ4n) is 2.16. The van der Waals surface area contributed by atoms with Gasteiger partial charge in [0, 0.05) is 6.04 Å². The van der Waals surface area contributed by atoms with Gasteiger partial charge in [0.1, 0.15) is 5.75 Å². The first kappa shape index (κ1) is 12.2. The van der Waals surface area contributed by atoms with Crippen molar-refractivity contribution in [2.45, 2.75) is 12.5 Å². The number of rotatable bonds is 2. The van der Waals surface area contributed by atoms with Crippen LogP contribution in [0.2, 0.25) is 0 Å². The lowest BCUT2D eigenvalue weighted by atomic mass is 9.95. The number of hydrogen-bond donors (Lipinski definition) is 1.